The Morgan fingerprint density at radius 1 is 0.980 bits per heavy atom. The van der Waals surface area contributed by atoms with E-state index in [0.29, 0.717) is 12.8 Å². The van der Waals surface area contributed by atoms with E-state index in [2.05, 4.69) is 0 Å². The summed E-state index contributed by atoms with van der Waals surface area (Å²) >= 11 is 0. The van der Waals surface area contributed by atoms with Gasteiger partial charge >= 0.3 is 5.97 Å². The molecule has 0 radical (unpaired) electrons. The maximum atomic E-state index is 14.2. The van der Waals surface area contributed by atoms with Gasteiger partial charge in [0.05, 0.1) is 47.6 Å². The maximum absolute atomic E-state index is 14.2. The first-order valence-electron chi connectivity index (χ1n) is 18.7. The molecule has 2 bridgehead atoms. The summed E-state index contributed by atoms with van der Waals surface area (Å²) in [6, 6.07) is -0.675. The van der Waals surface area contributed by atoms with Crippen LogP contribution in [-0.2, 0) is 38.0 Å². The van der Waals surface area contributed by atoms with E-state index in [0.717, 1.165) is 0 Å². The van der Waals surface area contributed by atoms with E-state index in [-0.39, 0.29) is 42.9 Å². The SMILES string of the molecule is CC[C@H]1OC(=O)[C@H](C)[C@@H](O[C@H]2C[C@@](C)(OC)[C@@H](O)[C@H](C)O2)[C@H](C)[C@@H](O[C@@H]2O[C@H](C)C[C@H](N(C)C)[C@H]2O)[C@@](C)(O)C[C@@H](C)[C@@H]2O[C@]1(C)[C@@H](N)[C@H]2C. The van der Waals surface area contributed by atoms with Crippen LogP contribution in [0, 0.1) is 23.7 Å². The van der Waals surface area contributed by atoms with Crippen LogP contribution >= 0.6 is 0 Å². The number of hydrogen-bond acceptors (Lipinski definition) is 13. The van der Waals surface area contributed by atoms with Crippen molar-refractivity contribution in [2.45, 2.75) is 185 Å². The number of methoxy groups -OCH3 is 1. The number of aliphatic hydroxyl groups is 3. The summed E-state index contributed by atoms with van der Waals surface area (Å²) in [5.41, 5.74) is 3.39. The lowest BCUT2D eigenvalue weighted by Crippen LogP contribution is -2.60. The Morgan fingerprint density at radius 3 is 2.20 bits per heavy atom. The molecule has 0 saturated carbocycles. The number of fused-ring (bicyclic) bond motifs is 2. The van der Waals surface area contributed by atoms with E-state index >= 15 is 0 Å². The summed E-state index contributed by atoms with van der Waals surface area (Å²) in [7, 11) is 5.34. The van der Waals surface area contributed by atoms with Crippen molar-refractivity contribution in [2.75, 3.05) is 21.2 Å². The number of carbonyl (C=O) groups is 1. The molecule has 5 N–H and O–H groups in total. The lowest BCUT2D eigenvalue weighted by Gasteiger charge is -2.49. The first kappa shape index (κ1) is 41.8. The summed E-state index contributed by atoms with van der Waals surface area (Å²) < 4.78 is 44.7. The van der Waals surface area contributed by atoms with E-state index in [9.17, 15) is 20.1 Å². The zero-order valence-corrected chi connectivity index (χ0v) is 32.7. The van der Waals surface area contributed by atoms with Gasteiger partial charge in [0.15, 0.2) is 12.6 Å². The third-order valence-electron chi connectivity index (χ3n) is 12.5. The van der Waals surface area contributed by atoms with Crippen LogP contribution in [0.25, 0.3) is 0 Å². The fourth-order valence-electron chi connectivity index (χ4n) is 9.28. The average Bonchev–Trinajstić information content (AvgIpc) is 3.28. The molecule has 13 nitrogen and oxygen atoms in total. The van der Waals surface area contributed by atoms with E-state index in [1.807, 2.05) is 60.5 Å². The number of cyclic esters (lactones) is 1. The molecular weight excluding hydrogens is 648 g/mol. The molecule has 4 aliphatic heterocycles. The molecule has 4 rings (SSSR count). The molecule has 13 heteroatoms. The van der Waals surface area contributed by atoms with Crippen molar-refractivity contribution in [3.63, 3.8) is 0 Å². The number of likely N-dealkylation sites (N-methyl/N-ethyl adjacent to an activating group) is 1. The molecule has 0 aromatic rings. The summed E-state index contributed by atoms with van der Waals surface area (Å²) in [5, 5.41) is 35.0. The van der Waals surface area contributed by atoms with Gasteiger partial charge in [0.1, 0.15) is 23.9 Å². The first-order valence-corrected chi connectivity index (χ1v) is 18.7. The lowest BCUT2D eigenvalue weighted by molar-refractivity contribution is -0.318. The Balaban J connectivity index is 1.81. The van der Waals surface area contributed by atoms with Crippen molar-refractivity contribution in [3.05, 3.63) is 0 Å². The maximum Gasteiger partial charge on any atom is 0.311 e. The van der Waals surface area contributed by atoms with Gasteiger partial charge in [0.25, 0.3) is 0 Å². The highest BCUT2D eigenvalue weighted by molar-refractivity contribution is 5.73. The van der Waals surface area contributed by atoms with E-state index in [1.54, 1.807) is 27.7 Å². The molecule has 0 aromatic carbocycles. The molecule has 4 saturated heterocycles. The molecule has 19 atom stereocenters. The molecular formula is C37H68N2O11. The van der Waals surface area contributed by atoms with Crippen molar-refractivity contribution in [2.24, 2.45) is 29.4 Å². The molecule has 4 fully saturated rings. The minimum atomic E-state index is -1.52. The van der Waals surface area contributed by atoms with E-state index < -0.39 is 89.9 Å². The Bertz CT molecular complexity index is 1140. The van der Waals surface area contributed by atoms with Crippen molar-refractivity contribution >= 4 is 5.97 Å². The van der Waals surface area contributed by atoms with E-state index in [4.69, 9.17) is 38.9 Å². The summed E-state index contributed by atoms with van der Waals surface area (Å²) in [6.45, 7) is 18.7. The Labute approximate surface area is 299 Å². The molecule has 0 amide bonds. The number of ether oxygens (including phenoxy) is 7. The minimum Gasteiger partial charge on any atom is -0.459 e. The second-order valence-corrected chi connectivity index (χ2v) is 16.8. The van der Waals surface area contributed by atoms with Crippen LogP contribution in [0.2, 0.25) is 0 Å². The van der Waals surface area contributed by atoms with Crippen LogP contribution in [0.1, 0.15) is 94.9 Å². The molecule has 292 valence electrons. The van der Waals surface area contributed by atoms with Crippen molar-refractivity contribution in [3.8, 4) is 0 Å². The smallest absolute Gasteiger partial charge is 0.311 e. The van der Waals surface area contributed by atoms with Gasteiger partial charge in [-0.1, -0.05) is 27.7 Å². The average molecular weight is 717 g/mol. The number of aliphatic hydroxyl groups excluding tert-OH is 2. The third kappa shape index (κ3) is 8.08. The van der Waals surface area contributed by atoms with Gasteiger partial charge in [0.2, 0.25) is 0 Å². The third-order valence-corrected chi connectivity index (χ3v) is 12.5. The summed E-state index contributed by atoms with van der Waals surface area (Å²) in [4.78, 5) is 16.2. The Hall–Kier alpha value is -0.970. The molecule has 50 heavy (non-hydrogen) atoms. The van der Waals surface area contributed by atoms with Gasteiger partial charge in [-0.3, -0.25) is 4.79 Å². The number of carbonyl (C=O) groups excluding carboxylic acids is 1. The topological polar surface area (TPSA) is 172 Å². The number of nitrogens with two attached hydrogens (primary N) is 1. The zero-order valence-electron chi connectivity index (χ0n) is 32.7. The number of rotatable bonds is 7. The van der Waals surface area contributed by atoms with Crippen LogP contribution in [0.15, 0.2) is 0 Å². The summed E-state index contributed by atoms with van der Waals surface area (Å²) in [6.07, 6.45) is -6.07. The molecule has 4 heterocycles. The molecule has 0 aromatic heterocycles. The van der Waals surface area contributed by atoms with Gasteiger partial charge in [-0.05, 0) is 80.8 Å². The fourth-order valence-corrected chi connectivity index (χ4v) is 9.28. The quantitative estimate of drug-likeness (QED) is 0.284. The number of esters is 1. The van der Waals surface area contributed by atoms with Crippen molar-refractivity contribution in [1.29, 1.82) is 0 Å². The summed E-state index contributed by atoms with van der Waals surface area (Å²) in [5.74, 6) is -2.33. The number of nitrogens with zero attached hydrogens (tertiary/aromatic N) is 1. The molecule has 0 aliphatic carbocycles. The predicted octanol–water partition coefficient (Wildman–Crippen LogP) is 2.59. The second kappa shape index (κ2) is 15.8. The standard InChI is InChI=1S/C37H68N2O11/c1-14-25-37(10)30(38)20(4)28(50-37)18(2)16-35(8,43)32(49-34-27(40)24(39(11)12)15-19(3)45-34)21(5)29(22(6)33(42)47-25)48-26-17-36(9,44-13)31(41)23(7)46-26/h18-32,34,40-41,43H,14-17,38H2,1-13H3/t18-,19-,20+,21+,22-,23+,24+,25-,26+,27-,28+,29+,30+,31+,32-,34+,35+,36-,37+/m1/s1. The van der Waals surface area contributed by atoms with Crippen LogP contribution in [-0.4, -0.2) is 138 Å². The van der Waals surface area contributed by atoms with Gasteiger partial charge in [0, 0.05) is 37.5 Å². The van der Waals surface area contributed by atoms with Gasteiger partial charge in [-0.25, -0.2) is 0 Å². The van der Waals surface area contributed by atoms with Crippen LogP contribution in [0.3, 0.4) is 0 Å². The highest BCUT2D eigenvalue weighted by Crippen LogP contribution is 2.46. The van der Waals surface area contributed by atoms with Gasteiger partial charge in [-0.2, -0.15) is 0 Å². The Morgan fingerprint density at radius 2 is 1.62 bits per heavy atom. The Kier molecular flexibility index (Phi) is 13.2. The van der Waals surface area contributed by atoms with Crippen LogP contribution < -0.4 is 5.73 Å². The van der Waals surface area contributed by atoms with Crippen LogP contribution in [0.5, 0.6) is 0 Å². The molecule has 0 unspecified atom stereocenters. The highest BCUT2D eigenvalue weighted by Gasteiger charge is 2.58. The van der Waals surface area contributed by atoms with Crippen molar-refractivity contribution in [1.82, 2.24) is 4.90 Å². The number of hydrogen-bond donors (Lipinski definition) is 4. The van der Waals surface area contributed by atoms with Crippen molar-refractivity contribution < 1.29 is 53.3 Å². The van der Waals surface area contributed by atoms with Crippen LogP contribution in [0.4, 0.5) is 0 Å². The first-order chi connectivity index (χ1) is 23.1. The van der Waals surface area contributed by atoms with Gasteiger partial charge in [-0.15, -0.1) is 0 Å². The zero-order chi connectivity index (χ0) is 37.7. The van der Waals surface area contributed by atoms with Gasteiger partial charge < -0.3 is 59.1 Å². The normalized spacial score (nSPS) is 52.6. The predicted molar refractivity (Wildman–Crippen MR) is 186 cm³/mol. The molecule has 0 spiro atoms. The lowest BCUT2D eigenvalue weighted by atomic mass is 9.75. The highest BCUT2D eigenvalue weighted by atomic mass is 16.7. The van der Waals surface area contributed by atoms with E-state index in [1.165, 1.54) is 7.11 Å². The monoisotopic (exact) mass is 716 g/mol. The largest absolute Gasteiger partial charge is 0.459 e. The minimum absolute atomic E-state index is 0.0899. The second-order valence-electron chi connectivity index (χ2n) is 16.8. The fraction of sp³-hybridized carbons (Fsp3) is 0.973. The molecule has 4 aliphatic rings.